The van der Waals surface area contributed by atoms with Gasteiger partial charge in [-0.2, -0.15) is 4.80 Å². The van der Waals surface area contributed by atoms with Crippen molar-refractivity contribution in [2.75, 3.05) is 0 Å². The van der Waals surface area contributed by atoms with Gasteiger partial charge in [-0.1, -0.05) is 55.8 Å². The molecule has 1 heterocycles. The molecule has 0 aliphatic heterocycles. The Labute approximate surface area is 162 Å². The third-order valence-electron chi connectivity index (χ3n) is 3.87. The van der Waals surface area contributed by atoms with Crippen LogP contribution in [0.5, 0.6) is 0 Å². The lowest BCUT2D eigenvalue weighted by atomic mass is 10.1. The van der Waals surface area contributed by atoms with E-state index in [-0.39, 0.29) is 11.4 Å². The maximum atomic E-state index is 12.3. The molecule has 0 bridgehead atoms. The third-order valence-corrected chi connectivity index (χ3v) is 5.13. The van der Waals surface area contributed by atoms with Crippen LogP contribution in [0, 0.1) is 0 Å². The SMILES string of the molecule is CCCc1ccc(S(=O)(=O)NNC(=O)Cn2nnc(-c3ccccc3)n2)cc1. The first-order valence-electron chi connectivity index (χ1n) is 8.71. The first-order valence-corrected chi connectivity index (χ1v) is 10.2. The lowest BCUT2D eigenvalue weighted by Crippen LogP contribution is -2.43. The van der Waals surface area contributed by atoms with Gasteiger partial charge in [-0.3, -0.25) is 10.2 Å². The number of benzene rings is 2. The van der Waals surface area contributed by atoms with Gasteiger partial charge in [-0.15, -0.1) is 15.0 Å². The molecule has 0 radical (unpaired) electrons. The summed E-state index contributed by atoms with van der Waals surface area (Å²) in [5.74, 6) is -0.246. The Bertz CT molecular complexity index is 1030. The number of carbonyl (C=O) groups excluding carboxylic acids is 1. The molecular weight excluding hydrogens is 380 g/mol. The minimum Gasteiger partial charge on any atom is -0.276 e. The molecule has 1 aromatic heterocycles. The van der Waals surface area contributed by atoms with Crippen LogP contribution in [0.15, 0.2) is 59.5 Å². The normalized spacial score (nSPS) is 11.3. The molecule has 3 rings (SSSR count). The van der Waals surface area contributed by atoms with Crippen molar-refractivity contribution in [2.45, 2.75) is 31.2 Å². The molecule has 0 unspecified atom stereocenters. The predicted molar refractivity (Wildman–Crippen MR) is 102 cm³/mol. The minimum absolute atomic E-state index is 0.0675. The Morgan fingerprint density at radius 3 is 2.46 bits per heavy atom. The van der Waals surface area contributed by atoms with Gasteiger partial charge >= 0.3 is 0 Å². The standard InChI is InChI=1S/C18H20N6O3S/c1-2-6-14-9-11-16(12-10-14)28(26,27)23-19-17(25)13-24-21-18(20-22-24)15-7-4-3-5-8-15/h3-5,7-12,23H,2,6,13H2,1H3,(H,19,25). The van der Waals surface area contributed by atoms with Crippen LogP contribution in [0.4, 0.5) is 0 Å². The zero-order chi connectivity index (χ0) is 20.0. The third kappa shape index (κ3) is 4.99. The van der Waals surface area contributed by atoms with Crippen LogP contribution in [-0.2, 0) is 27.8 Å². The van der Waals surface area contributed by atoms with E-state index in [1.807, 2.05) is 30.3 Å². The van der Waals surface area contributed by atoms with Crippen LogP contribution >= 0.6 is 0 Å². The molecular formula is C18H20N6O3S. The first kappa shape index (κ1) is 19.6. The summed E-state index contributed by atoms with van der Waals surface area (Å²) < 4.78 is 24.5. The van der Waals surface area contributed by atoms with Crippen molar-refractivity contribution in [1.82, 2.24) is 30.5 Å². The molecule has 10 heteroatoms. The van der Waals surface area contributed by atoms with Crippen LogP contribution in [-0.4, -0.2) is 34.5 Å². The number of hydrogen-bond acceptors (Lipinski definition) is 6. The van der Waals surface area contributed by atoms with Crippen molar-refractivity contribution >= 4 is 15.9 Å². The molecule has 1 amide bonds. The second-order valence-corrected chi connectivity index (χ2v) is 7.74. The van der Waals surface area contributed by atoms with Gasteiger partial charge in [0.15, 0.2) is 0 Å². The van der Waals surface area contributed by atoms with Gasteiger partial charge in [-0.05, 0) is 29.3 Å². The fourth-order valence-corrected chi connectivity index (χ4v) is 3.35. The van der Waals surface area contributed by atoms with E-state index in [1.54, 1.807) is 12.1 Å². The van der Waals surface area contributed by atoms with Gasteiger partial charge in [0.1, 0.15) is 6.54 Å². The number of carbonyl (C=O) groups is 1. The highest BCUT2D eigenvalue weighted by atomic mass is 32.2. The van der Waals surface area contributed by atoms with E-state index in [1.165, 1.54) is 12.1 Å². The smallest absolute Gasteiger partial charge is 0.258 e. The average molecular weight is 400 g/mol. The Kier molecular flexibility index (Phi) is 6.12. The summed E-state index contributed by atoms with van der Waals surface area (Å²) in [5.41, 5.74) is 3.97. The molecule has 0 aliphatic carbocycles. The van der Waals surface area contributed by atoms with Crippen LogP contribution < -0.4 is 10.3 Å². The molecule has 2 N–H and O–H groups in total. The number of hydrogen-bond donors (Lipinski definition) is 2. The van der Waals surface area contributed by atoms with E-state index in [9.17, 15) is 13.2 Å². The highest BCUT2D eigenvalue weighted by Gasteiger charge is 2.16. The van der Waals surface area contributed by atoms with E-state index in [2.05, 4.69) is 32.6 Å². The molecule has 0 fully saturated rings. The highest BCUT2D eigenvalue weighted by Crippen LogP contribution is 2.12. The van der Waals surface area contributed by atoms with E-state index < -0.39 is 15.9 Å². The van der Waals surface area contributed by atoms with Crippen molar-refractivity contribution in [2.24, 2.45) is 0 Å². The maximum absolute atomic E-state index is 12.3. The van der Waals surface area contributed by atoms with Gasteiger partial charge in [0.25, 0.3) is 15.9 Å². The number of tetrazole rings is 1. The molecule has 0 saturated heterocycles. The first-order chi connectivity index (χ1) is 13.5. The molecule has 28 heavy (non-hydrogen) atoms. The lowest BCUT2D eigenvalue weighted by molar-refractivity contribution is -0.122. The van der Waals surface area contributed by atoms with Gasteiger partial charge in [0, 0.05) is 5.56 Å². The number of sulfonamides is 1. The lowest BCUT2D eigenvalue weighted by Gasteiger charge is -2.08. The zero-order valence-electron chi connectivity index (χ0n) is 15.2. The number of nitrogens with one attached hydrogen (secondary N) is 2. The Morgan fingerprint density at radius 2 is 1.79 bits per heavy atom. The number of rotatable bonds is 8. The van der Waals surface area contributed by atoms with Crippen molar-refractivity contribution in [1.29, 1.82) is 0 Å². The molecule has 0 atom stereocenters. The number of aryl methyl sites for hydroxylation is 1. The summed E-state index contributed by atoms with van der Waals surface area (Å²) in [6.07, 6.45) is 1.85. The summed E-state index contributed by atoms with van der Waals surface area (Å²) in [5, 5.41) is 11.8. The topological polar surface area (TPSA) is 119 Å². The molecule has 9 nitrogen and oxygen atoms in total. The summed E-state index contributed by atoms with van der Waals surface area (Å²) in [6.45, 7) is 1.77. The largest absolute Gasteiger partial charge is 0.276 e. The number of amides is 1. The van der Waals surface area contributed by atoms with E-state index >= 15 is 0 Å². The molecule has 0 aliphatic rings. The fraction of sp³-hybridized carbons (Fsp3) is 0.222. The number of aromatic nitrogens is 4. The molecule has 3 aromatic rings. The van der Waals surface area contributed by atoms with Gasteiger partial charge in [-0.25, -0.2) is 8.42 Å². The average Bonchev–Trinajstić information content (AvgIpc) is 3.16. The van der Waals surface area contributed by atoms with Crippen LogP contribution in [0.3, 0.4) is 0 Å². The summed E-state index contributed by atoms with van der Waals surface area (Å²) >= 11 is 0. The molecule has 0 saturated carbocycles. The van der Waals surface area contributed by atoms with Crippen LogP contribution in [0.25, 0.3) is 11.4 Å². The minimum atomic E-state index is -3.86. The Morgan fingerprint density at radius 1 is 1.07 bits per heavy atom. The predicted octanol–water partition coefficient (Wildman–Crippen LogP) is 1.30. The van der Waals surface area contributed by atoms with Crippen LogP contribution in [0.2, 0.25) is 0 Å². The van der Waals surface area contributed by atoms with Crippen molar-refractivity contribution in [3.8, 4) is 11.4 Å². The summed E-state index contributed by atoms with van der Waals surface area (Å²) in [6, 6.07) is 15.7. The van der Waals surface area contributed by atoms with E-state index in [4.69, 9.17) is 0 Å². The molecule has 2 aromatic carbocycles. The maximum Gasteiger partial charge on any atom is 0.258 e. The number of hydrazine groups is 1. The van der Waals surface area contributed by atoms with Crippen molar-refractivity contribution < 1.29 is 13.2 Å². The van der Waals surface area contributed by atoms with Crippen LogP contribution in [0.1, 0.15) is 18.9 Å². The molecule has 0 spiro atoms. The second kappa shape index (κ2) is 8.72. The van der Waals surface area contributed by atoms with Gasteiger partial charge in [0.05, 0.1) is 4.90 Å². The summed E-state index contributed by atoms with van der Waals surface area (Å²) in [4.78, 5) is 15.2. The Hall–Kier alpha value is -3.11. The highest BCUT2D eigenvalue weighted by molar-refractivity contribution is 7.89. The quantitative estimate of drug-likeness (QED) is 0.550. The van der Waals surface area contributed by atoms with E-state index in [0.717, 1.165) is 28.8 Å². The van der Waals surface area contributed by atoms with Gasteiger partial charge in [0.2, 0.25) is 5.82 Å². The second-order valence-electron chi connectivity index (χ2n) is 6.06. The van der Waals surface area contributed by atoms with E-state index in [0.29, 0.717) is 5.82 Å². The Balaban J connectivity index is 1.57. The monoisotopic (exact) mass is 400 g/mol. The fourth-order valence-electron chi connectivity index (χ4n) is 2.49. The number of nitrogens with zero attached hydrogens (tertiary/aromatic N) is 4. The zero-order valence-corrected chi connectivity index (χ0v) is 16.1. The van der Waals surface area contributed by atoms with Gasteiger partial charge < -0.3 is 0 Å². The van der Waals surface area contributed by atoms with Crippen molar-refractivity contribution in [3.63, 3.8) is 0 Å². The summed E-state index contributed by atoms with van der Waals surface area (Å²) in [7, 11) is -3.86. The molecule has 146 valence electrons. The van der Waals surface area contributed by atoms with Crippen molar-refractivity contribution in [3.05, 3.63) is 60.2 Å².